The zero-order chi connectivity index (χ0) is 19.0. The maximum Gasteiger partial charge on any atom is 0.353 e. The molecule has 0 bridgehead atoms. The molecule has 2 amide bonds. The lowest BCUT2D eigenvalue weighted by Crippen LogP contribution is -2.70. The van der Waals surface area contributed by atoms with Gasteiger partial charge in [-0.05, 0) is 11.6 Å². The third-order valence-electron chi connectivity index (χ3n) is 4.70. The molecule has 8 heteroatoms. The molecule has 0 radical (unpaired) electrons. The topological polar surface area (TPSA) is 95.9 Å². The van der Waals surface area contributed by atoms with Crippen molar-refractivity contribution in [3.05, 3.63) is 59.0 Å². The van der Waals surface area contributed by atoms with Gasteiger partial charge in [0.2, 0.25) is 5.91 Å². The fourth-order valence-electron chi connectivity index (χ4n) is 3.44. The number of carbonyl (C=O) groups is 3. The number of fused-ring (bicyclic) bond motifs is 1. The number of aliphatic carboxylic acids is 1. The van der Waals surface area contributed by atoms with Crippen molar-refractivity contribution in [2.45, 2.75) is 24.3 Å². The molecule has 0 unspecified atom stereocenters. The molecule has 0 aromatic heterocycles. The van der Waals surface area contributed by atoms with Crippen molar-refractivity contribution >= 4 is 29.5 Å². The molecule has 140 valence electrons. The molecule has 2 N–H and O–H groups in total. The summed E-state index contributed by atoms with van der Waals surface area (Å²) in [5.41, 5.74) is 1.35. The van der Waals surface area contributed by atoms with E-state index in [1.54, 1.807) is 0 Å². The number of amides is 2. The number of hydrogen-bond donors (Lipinski definition) is 2. The predicted molar refractivity (Wildman–Crippen MR) is 98.5 cm³/mol. The summed E-state index contributed by atoms with van der Waals surface area (Å²) in [6.45, 7) is 0.520. The average molecular weight is 386 g/mol. The molecule has 1 saturated heterocycles. The van der Waals surface area contributed by atoms with Crippen molar-refractivity contribution in [3.8, 4) is 0 Å². The lowest BCUT2D eigenvalue weighted by molar-refractivity contribution is -0.150. The number of hydrogen-bond acceptors (Lipinski definition) is 5. The second-order valence-corrected chi connectivity index (χ2v) is 7.56. The van der Waals surface area contributed by atoms with E-state index in [4.69, 9.17) is 4.74 Å². The van der Waals surface area contributed by atoms with Gasteiger partial charge in [-0.2, -0.15) is 0 Å². The number of rotatable bonds is 5. The fourth-order valence-corrected chi connectivity index (χ4v) is 4.79. The number of β-lactam (4-membered cyclic amide) rings is 1. The Morgan fingerprint density at radius 3 is 2.74 bits per heavy atom. The van der Waals surface area contributed by atoms with Crippen molar-refractivity contribution in [2.75, 3.05) is 12.4 Å². The third-order valence-corrected chi connectivity index (χ3v) is 5.98. The van der Waals surface area contributed by atoms with Gasteiger partial charge in [-0.1, -0.05) is 30.3 Å². The molecule has 4 rings (SSSR count). The van der Waals surface area contributed by atoms with Crippen molar-refractivity contribution in [3.63, 3.8) is 0 Å². The first-order valence-corrected chi connectivity index (χ1v) is 9.69. The number of benzene rings is 1. The van der Waals surface area contributed by atoms with Crippen molar-refractivity contribution in [2.24, 2.45) is 0 Å². The van der Waals surface area contributed by atoms with Gasteiger partial charge in [0.15, 0.2) is 0 Å². The highest BCUT2D eigenvalue weighted by Crippen LogP contribution is 2.42. The van der Waals surface area contributed by atoms with Gasteiger partial charge >= 0.3 is 5.97 Å². The maximum absolute atomic E-state index is 12.6. The summed E-state index contributed by atoms with van der Waals surface area (Å²) in [6, 6.07) is 8.55. The van der Waals surface area contributed by atoms with Crippen LogP contribution in [0.25, 0.3) is 0 Å². The Hall–Kier alpha value is -2.74. The Morgan fingerprint density at radius 1 is 1.30 bits per heavy atom. The van der Waals surface area contributed by atoms with Crippen molar-refractivity contribution in [1.82, 2.24) is 10.2 Å². The highest BCUT2D eigenvalue weighted by Gasteiger charge is 2.54. The first kappa shape index (κ1) is 17.7. The zero-order valence-corrected chi connectivity index (χ0v) is 15.2. The molecule has 7 nitrogen and oxygen atoms in total. The summed E-state index contributed by atoms with van der Waals surface area (Å²) < 4.78 is 5.49. The molecule has 3 heterocycles. The number of nitrogens with zero attached hydrogens (tertiary/aromatic N) is 1. The lowest BCUT2D eigenvalue weighted by atomic mass is 10.0. The second-order valence-electron chi connectivity index (χ2n) is 6.46. The number of nitrogens with one attached hydrogen (secondary N) is 1. The van der Waals surface area contributed by atoms with Crippen LogP contribution < -0.4 is 5.32 Å². The van der Waals surface area contributed by atoms with Gasteiger partial charge in [-0.25, -0.2) is 4.79 Å². The van der Waals surface area contributed by atoms with Crippen LogP contribution in [0.5, 0.6) is 0 Å². The van der Waals surface area contributed by atoms with E-state index in [0.717, 1.165) is 12.0 Å². The monoisotopic (exact) mass is 386 g/mol. The summed E-state index contributed by atoms with van der Waals surface area (Å²) in [5, 5.41) is 12.0. The smallest absolute Gasteiger partial charge is 0.353 e. The van der Waals surface area contributed by atoms with Gasteiger partial charge in [0, 0.05) is 17.7 Å². The van der Waals surface area contributed by atoms with Crippen LogP contribution in [0, 0.1) is 0 Å². The minimum atomic E-state index is -1.16. The van der Waals surface area contributed by atoms with Crippen LogP contribution in [-0.2, 0) is 25.5 Å². The minimum absolute atomic E-state index is 0.0366. The van der Waals surface area contributed by atoms with Gasteiger partial charge in [0.05, 0.1) is 13.0 Å². The lowest BCUT2D eigenvalue weighted by Gasteiger charge is -2.49. The van der Waals surface area contributed by atoms with E-state index in [1.807, 2.05) is 36.4 Å². The minimum Gasteiger partial charge on any atom is -0.493 e. The van der Waals surface area contributed by atoms with E-state index in [1.165, 1.54) is 16.7 Å². The number of carboxylic acid groups (broad SMARTS) is 1. The SMILES string of the molecule is O=C(Cc1ccccc1)N[C@@H]1C(=O)N2C(C(=O)O)=C(C3=CCCO3)CS[C@H]12. The normalized spacial score (nSPS) is 23.9. The number of allylic oxidation sites excluding steroid dienone is 1. The van der Waals surface area contributed by atoms with Crippen LogP contribution in [0.15, 0.2) is 53.4 Å². The summed E-state index contributed by atoms with van der Waals surface area (Å²) >= 11 is 1.44. The van der Waals surface area contributed by atoms with Gasteiger partial charge in [-0.15, -0.1) is 11.8 Å². The molecular weight excluding hydrogens is 368 g/mol. The highest BCUT2D eigenvalue weighted by molar-refractivity contribution is 8.00. The first-order valence-electron chi connectivity index (χ1n) is 8.64. The maximum atomic E-state index is 12.6. The Kier molecular flexibility index (Phi) is 4.65. The van der Waals surface area contributed by atoms with E-state index in [2.05, 4.69) is 5.32 Å². The van der Waals surface area contributed by atoms with Crippen LogP contribution in [0.4, 0.5) is 0 Å². The first-order chi connectivity index (χ1) is 13.1. The van der Waals surface area contributed by atoms with Gasteiger partial charge < -0.3 is 15.2 Å². The molecule has 3 aliphatic rings. The van der Waals surface area contributed by atoms with E-state index in [0.29, 0.717) is 23.7 Å². The van der Waals surface area contributed by atoms with E-state index in [9.17, 15) is 19.5 Å². The highest BCUT2D eigenvalue weighted by atomic mass is 32.2. The van der Waals surface area contributed by atoms with Gasteiger partial charge in [0.1, 0.15) is 22.9 Å². The Labute approximate surface area is 160 Å². The third kappa shape index (κ3) is 3.21. The van der Waals surface area contributed by atoms with Crippen molar-refractivity contribution in [1.29, 1.82) is 0 Å². The van der Waals surface area contributed by atoms with Gasteiger partial charge in [-0.3, -0.25) is 14.5 Å². The second kappa shape index (κ2) is 7.11. The molecule has 0 saturated carbocycles. The molecular formula is C19H18N2O5S. The Morgan fingerprint density at radius 2 is 2.07 bits per heavy atom. The number of thioether (sulfide) groups is 1. The molecule has 2 atom stereocenters. The molecule has 3 aliphatic heterocycles. The van der Waals surface area contributed by atoms with E-state index in [-0.39, 0.29) is 18.0 Å². The Bertz CT molecular complexity index is 864. The van der Waals surface area contributed by atoms with Crippen molar-refractivity contribution < 1.29 is 24.2 Å². The molecule has 1 fully saturated rings. The fraction of sp³-hybridized carbons (Fsp3) is 0.316. The summed E-state index contributed by atoms with van der Waals surface area (Å²) in [5.74, 6) is -0.848. The largest absolute Gasteiger partial charge is 0.493 e. The van der Waals surface area contributed by atoms with Crippen LogP contribution >= 0.6 is 11.8 Å². The molecule has 27 heavy (non-hydrogen) atoms. The Balaban J connectivity index is 1.49. The molecule has 0 aliphatic carbocycles. The summed E-state index contributed by atoms with van der Waals surface area (Å²) in [7, 11) is 0. The van der Waals surface area contributed by atoms with E-state index < -0.39 is 23.3 Å². The quantitative estimate of drug-likeness (QED) is 0.740. The van der Waals surface area contributed by atoms with Crippen LogP contribution in [-0.4, -0.2) is 51.6 Å². The summed E-state index contributed by atoms with van der Waals surface area (Å²) in [6.07, 6.45) is 2.75. The number of carboxylic acids is 1. The number of ether oxygens (including phenoxy) is 1. The van der Waals surface area contributed by atoms with Crippen LogP contribution in [0.1, 0.15) is 12.0 Å². The average Bonchev–Trinajstić information content (AvgIpc) is 3.20. The molecule has 1 aromatic carbocycles. The summed E-state index contributed by atoms with van der Waals surface area (Å²) in [4.78, 5) is 37.9. The molecule has 0 spiro atoms. The number of carbonyl (C=O) groups excluding carboxylic acids is 2. The van der Waals surface area contributed by atoms with E-state index >= 15 is 0 Å². The molecule has 1 aromatic rings. The standard InChI is InChI=1S/C19H18N2O5S/c22-14(9-11-5-2-1-3-6-11)20-15-17(23)21-16(19(24)25)12(10-27-18(15)21)13-7-4-8-26-13/h1-3,5-7,15,18H,4,8-10H2,(H,20,22)(H,24,25)/t15-,18-/m1/s1. The van der Waals surface area contributed by atoms with Crippen LogP contribution in [0.3, 0.4) is 0 Å². The predicted octanol–water partition coefficient (Wildman–Crippen LogP) is 1.27. The zero-order valence-electron chi connectivity index (χ0n) is 14.4. The van der Waals surface area contributed by atoms with Gasteiger partial charge in [0.25, 0.3) is 5.91 Å². The van der Waals surface area contributed by atoms with Crippen LogP contribution in [0.2, 0.25) is 0 Å².